The van der Waals surface area contributed by atoms with Crippen molar-refractivity contribution in [3.8, 4) is 5.75 Å². The molecule has 1 aliphatic rings. The second-order valence-electron chi connectivity index (χ2n) is 5.10. The van der Waals surface area contributed by atoms with Gasteiger partial charge in [0.15, 0.2) is 0 Å². The van der Waals surface area contributed by atoms with E-state index in [0.717, 1.165) is 11.4 Å². The molecular formula is C17H19NO2. The van der Waals surface area contributed by atoms with Crippen LogP contribution in [-0.2, 0) is 10.2 Å². The molecule has 1 fully saturated rings. The molecular weight excluding hydrogens is 250 g/mol. The lowest BCUT2D eigenvalue weighted by atomic mass is 9.72. The van der Waals surface area contributed by atoms with E-state index in [1.807, 2.05) is 19.2 Å². The topological polar surface area (TPSA) is 30.5 Å². The normalized spacial score (nSPS) is 16.3. The zero-order chi connectivity index (χ0) is 14.0. The summed E-state index contributed by atoms with van der Waals surface area (Å²) in [6.07, 6.45) is 0. The van der Waals surface area contributed by atoms with Gasteiger partial charge in [-0.05, 0) is 23.8 Å². The summed E-state index contributed by atoms with van der Waals surface area (Å²) in [6, 6.07) is 16.7. The molecule has 0 amide bonds. The lowest BCUT2D eigenvalue weighted by Crippen LogP contribution is -2.47. The molecule has 3 heteroatoms. The number of hydrogen-bond donors (Lipinski definition) is 1. The van der Waals surface area contributed by atoms with E-state index in [4.69, 9.17) is 9.47 Å². The molecule has 0 radical (unpaired) electrons. The van der Waals surface area contributed by atoms with Crippen LogP contribution in [0.4, 0.5) is 5.69 Å². The summed E-state index contributed by atoms with van der Waals surface area (Å²) in [6.45, 7) is 1.40. The van der Waals surface area contributed by atoms with Crippen LogP contribution in [-0.4, -0.2) is 27.4 Å². The molecule has 2 aromatic carbocycles. The van der Waals surface area contributed by atoms with Gasteiger partial charge in [-0.25, -0.2) is 0 Å². The second-order valence-corrected chi connectivity index (χ2v) is 5.10. The Balaban J connectivity index is 2.06. The highest BCUT2D eigenvalue weighted by atomic mass is 16.5. The van der Waals surface area contributed by atoms with E-state index in [1.54, 1.807) is 7.11 Å². The van der Waals surface area contributed by atoms with Crippen molar-refractivity contribution in [2.45, 2.75) is 5.41 Å². The standard InChI is InChI=1S/C17H19NO2/c1-18-14-9-7-13(8-10-14)17(11-20-12-17)15-5-3-4-6-16(15)19-2/h3-10,18H,11-12H2,1-2H3. The van der Waals surface area contributed by atoms with Crippen LogP contribution in [0.2, 0.25) is 0 Å². The van der Waals surface area contributed by atoms with E-state index >= 15 is 0 Å². The average molecular weight is 269 g/mol. The van der Waals surface area contributed by atoms with Crippen LogP contribution in [0.1, 0.15) is 11.1 Å². The molecule has 0 unspecified atom stereocenters. The molecule has 3 nitrogen and oxygen atoms in total. The van der Waals surface area contributed by atoms with Crippen molar-refractivity contribution in [1.82, 2.24) is 0 Å². The van der Waals surface area contributed by atoms with Crippen molar-refractivity contribution in [2.24, 2.45) is 0 Å². The summed E-state index contributed by atoms with van der Waals surface area (Å²) in [5, 5.41) is 3.15. The Morgan fingerprint density at radius 1 is 1.05 bits per heavy atom. The number of rotatable bonds is 4. The summed E-state index contributed by atoms with van der Waals surface area (Å²) >= 11 is 0. The van der Waals surface area contributed by atoms with Gasteiger partial charge in [-0.2, -0.15) is 0 Å². The van der Waals surface area contributed by atoms with Gasteiger partial charge in [0.05, 0.1) is 25.7 Å². The molecule has 0 spiro atoms. The van der Waals surface area contributed by atoms with Gasteiger partial charge < -0.3 is 14.8 Å². The highest BCUT2D eigenvalue weighted by Crippen LogP contribution is 2.43. The maximum Gasteiger partial charge on any atom is 0.123 e. The molecule has 0 aromatic heterocycles. The van der Waals surface area contributed by atoms with E-state index in [0.29, 0.717) is 13.2 Å². The predicted molar refractivity (Wildman–Crippen MR) is 80.6 cm³/mol. The smallest absolute Gasteiger partial charge is 0.123 e. The van der Waals surface area contributed by atoms with Gasteiger partial charge in [0.2, 0.25) is 0 Å². The highest BCUT2D eigenvalue weighted by Gasteiger charge is 2.43. The Hall–Kier alpha value is -2.00. The van der Waals surface area contributed by atoms with Crippen molar-refractivity contribution in [3.05, 3.63) is 59.7 Å². The van der Waals surface area contributed by atoms with E-state index in [-0.39, 0.29) is 5.41 Å². The Kier molecular flexibility index (Phi) is 3.36. The van der Waals surface area contributed by atoms with Gasteiger partial charge in [-0.1, -0.05) is 30.3 Å². The molecule has 2 aromatic rings. The Bertz CT molecular complexity index is 588. The summed E-state index contributed by atoms with van der Waals surface area (Å²) in [4.78, 5) is 0. The Labute approximate surface area is 119 Å². The fraction of sp³-hybridized carbons (Fsp3) is 0.294. The number of hydrogen-bond acceptors (Lipinski definition) is 3. The van der Waals surface area contributed by atoms with E-state index in [1.165, 1.54) is 11.1 Å². The van der Waals surface area contributed by atoms with Crippen LogP contribution in [0.5, 0.6) is 5.75 Å². The van der Waals surface area contributed by atoms with E-state index in [2.05, 4.69) is 41.7 Å². The molecule has 1 N–H and O–H groups in total. The first-order valence-corrected chi connectivity index (χ1v) is 6.80. The second kappa shape index (κ2) is 5.17. The Morgan fingerprint density at radius 3 is 2.30 bits per heavy atom. The van der Waals surface area contributed by atoms with Gasteiger partial charge in [-0.3, -0.25) is 0 Å². The van der Waals surface area contributed by atoms with Crippen molar-refractivity contribution >= 4 is 5.69 Å². The van der Waals surface area contributed by atoms with E-state index < -0.39 is 0 Å². The average Bonchev–Trinajstić information content (AvgIpc) is 2.47. The molecule has 104 valence electrons. The van der Waals surface area contributed by atoms with Gasteiger partial charge in [0, 0.05) is 18.3 Å². The van der Waals surface area contributed by atoms with Gasteiger partial charge >= 0.3 is 0 Å². The van der Waals surface area contributed by atoms with Crippen molar-refractivity contribution in [2.75, 3.05) is 32.7 Å². The zero-order valence-corrected chi connectivity index (χ0v) is 11.8. The molecule has 0 atom stereocenters. The van der Waals surface area contributed by atoms with Crippen LogP contribution in [0.25, 0.3) is 0 Å². The molecule has 0 bridgehead atoms. The van der Waals surface area contributed by atoms with Crippen molar-refractivity contribution in [1.29, 1.82) is 0 Å². The van der Waals surface area contributed by atoms with Crippen LogP contribution in [0.3, 0.4) is 0 Å². The number of anilines is 1. The first-order chi connectivity index (χ1) is 9.80. The predicted octanol–water partition coefficient (Wildman–Crippen LogP) is 3.05. The Morgan fingerprint density at radius 2 is 1.75 bits per heavy atom. The minimum atomic E-state index is -0.0844. The molecule has 1 saturated heterocycles. The zero-order valence-electron chi connectivity index (χ0n) is 11.8. The molecule has 0 aliphatic carbocycles. The van der Waals surface area contributed by atoms with Crippen molar-refractivity contribution in [3.63, 3.8) is 0 Å². The number of methoxy groups -OCH3 is 1. The number of benzene rings is 2. The van der Waals surface area contributed by atoms with Crippen LogP contribution in [0, 0.1) is 0 Å². The third-order valence-corrected chi connectivity index (χ3v) is 4.05. The third-order valence-electron chi connectivity index (χ3n) is 4.05. The highest BCUT2D eigenvalue weighted by molar-refractivity contribution is 5.52. The minimum absolute atomic E-state index is 0.0844. The van der Waals surface area contributed by atoms with E-state index in [9.17, 15) is 0 Å². The molecule has 1 aliphatic heterocycles. The van der Waals surface area contributed by atoms with Gasteiger partial charge in [0.1, 0.15) is 5.75 Å². The summed E-state index contributed by atoms with van der Waals surface area (Å²) < 4.78 is 11.1. The summed E-state index contributed by atoms with van der Waals surface area (Å²) in [5.41, 5.74) is 3.50. The molecule has 1 heterocycles. The SMILES string of the molecule is CNc1ccc(C2(c3ccccc3OC)COC2)cc1. The van der Waals surface area contributed by atoms with Gasteiger partial charge in [0.25, 0.3) is 0 Å². The first-order valence-electron chi connectivity index (χ1n) is 6.80. The lowest BCUT2D eigenvalue weighted by molar-refractivity contribution is -0.0388. The maximum absolute atomic E-state index is 5.53. The van der Waals surface area contributed by atoms with Gasteiger partial charge in [-0.15, -0.1) is 0 Å². The van der Waals surface area contributed by atoms with Crippen LogP contribution in [0.15, 0.2) is 48.5 Å². The van der Waals surface area contributed by atoms with Crippen LogP contribution >= 0.6 is 0 Å². The fourth-order valence-corrected chi connectivity index (χ4v) is 2.78. The fourth-order valence-electron chi connectivity index (χ4n) is 2.78. The lowest BCUT2D eigenvalue weighted by Gasteiger charge is -2.43. The number of nitrogens with one attached hydrogen (secondary N) is 1. The quantitative estimate of drug-likeness (QED) is 0.925. The summed E-state index contributed by atoms with van der Waals surface area (Å²) in [7, 11) is 3.65. The van der Waals surface area contributed by atoms with Crippen LogP contribution < -0.4 is 10.1 Å². The minimum Gasteiger partial charge on any atom is -0.496 e. The monoisotopic (exact) mass is 269 g/mol. The van der Waals surface area contributed by atoms with Crippen molar-refractivity contribution < 1.29 is 9.47 Å². The first kappa shape index (κ1) is 13.0. The maximum atomic E-state index is 5.53. The largest absolute Gasteiger partial charge is 0.496 e. The third kappa shape index (κ3) is 1.95. The molecule has 3 rings (SSSR count). The summed E-state index contributed by atoms with van der Waals surface area (Å²) in [5.74, 6) is 0.925. The number of ether oxygens (including phenoxy) is 2. The molecule has 20 heavy (non-hydrogen) atoms. The molecule has 0 saturated carbocycles. The number of para-hydroxylation sites is 1.